The zero-order valence-electron chi connectivity index (χ0n) is 12.1. The van der Waals surface area contributed by atoms with Crippen LogP contribution in [0.1, 0.15) is 24.6 Å². The second-order valence-corrected chi connectivity index (χ2v) is 7.04. The van der Waals surface area contributed by atoms with E-state index in [-0.39, 0.29) is 12.4 Å². The summed E-state index contributed by atoms with van der Waals surface area (Å²) in [5.74, 6) is 1.13. The zero-order chi connectivity index (χ0) is 14.8. The van der Waals surface area contributed by atoms with E-state index in [0.29, 0.717) is 16.1 Å². The number of hydrogen-bond acceptors (Lipinski definition) is 3. The first kappa shape index (κ1) is 17.6. The van der Waals surface area contributed by atoms with Gasteiger partial charge in [-0.05, 0) is 43.0 Å². The first-order chi connectivity index (χ1) is 10.1. The van der Waals surface area contributed by atoms with Crippen molar-refractivity contribution in [1.82, 2.24) is 0 Å². The molecule has 0 amide bonds. The highest BCUT2D eigenvalue weighted by molar-refractivity contribution is 7.09. The lowest BCUT2D eigenvalue weighted by Gasteiger charge is -2.24. The van der Waals surface area contributed by atoms with Gasteiger partial charge in [0.25, 0.3) is 0 Å². The Labute approximate surface area is 151 Å². The predicted octanol–water partition coefficient (Wildman–Crippen LogP) is 6.06. The molecular formula is C16H17Cl3N2S. The van der Waals surface area contributed by atoms with E-state index in [9.17, 15) is 0 Å². The summed E-state index contributed by atoms with van der Waals surface area (Å²) in [5, 5.41) is 3.26. The molecule has 2 heterocycles. The second kappa shape index (κ2) is 7.69. The Kier molecular flexibility index (Phi) is 6.16. The van der Waals surface area contributed by atoms with E-state index >= 15 is 0 Å². The molecule has 118 valence electrons. The molecule has 2 nitrogen and oxygen atoms in total. The van der Waals surface area contributed by atoms with Crippen molar-refractivity contribution < 1.29 is 0 Å². The molecule has 1 aromatic heterocycles. The van der Waals surface area contributed by atoms with Gasteiger partial charge in [-0.2, -0.15) is 0 Å². The van der Waals surface area contributed by atoms with Crippen molar-refractivity contribution in [2.45, 2.75) is 32.4 Å². The first-order valence-corrected chi connectivity index (χ1v) is 8.58. The summed E-state index contributed by atoms with van der Waals surface area (Å²) >= 11 is 14.0. The molecule has 3 rings (SSSR count). The Balaban J connectivity index is 0.00000176. The number of rotatable bonds is 3. The predicted molar refractivity (Wildman–Crippen MR) is 100 cm³/mol. The van der Waals surface area contributed by atoms with Gasteiger partial charge in [0.1, 0.15) is 5.84 Å². The van der Waals surface area contributed by atoms with Crippen LogP contribution in [0.15, 0.2) is 40.7 Å². The molecule has 0 fully saturated rings. The standard InChI is InChI=1S/C16H16Cl2N2S.ClH/c1-11-4-7-16(19-11)20(10-13-3-2-8-21-13)12-5-6-14(17)15(18)9-12;/h2-3,5-6,8-9,11H,4,7,10H2,1H3;1H. The van der Waals surface area contributed by atoms with E-state index in [1.807, 2.05) is 18.2 Å². The average Bonchev–Trinajstić information content (AvgIpc) is 3.11. The molecule has 1 aliphatic heterocycles. The molecular weight excluding hydrogens is 359 g/mol. The Hall–Kier alpha value is -0.740. The molecule has 0 saturated carbocycles. The highest BCUT2D eigenvalue weighted by Crippen LogP contribution is 2.30. The van der Waals surface area contributed by atoms with Gasteiger partial charge in [0.2, 0.25) is 0 Å². The second-order valence-electron chi connectivity index (χ2n) is 5.20. The van der Waals surface area contributed by atoms with E-state index in [2.05, 4.69) is 29.3 Å². The van der Waals surface area contributed by atoms with Gasteiger partial charge in [0, 0.05) is 23.0 Å². The van der Waals surface area contributed by atoms with Gasteiger partial charge < -0.3 is 4.90 Å². The van der Waals surface area contributed by atoms with Crippen LogP contribution < -0.4 is 4.90 Å². The maximum absolute atomic E-state index is 6.18. The number of nitrogens with zero attached hydrogens (tertiary/aromatic N) is 2. The number of anilines is 1. The van der Waals surface area contributed by atoms with Crippen molar-refractivity contribution in [2.75, 3.05) is 4.90 Å². The Morgan fingerprint density at radius 2 is 2.09 bits per heavy atom. The van der Waals surface area contributed by atoms with Crippen LogP contribution in [0.25, 0.3) is 0 Å². The van der Waals surface area contributed by atoms with Gasteiger partial charge in [-0.15, -0.1) is 23.7 Å². The minimum absolute atomic E-state index is 0. The van der Waals surface area contributed by atoms with Crippen molar-refractivity contribution in [3.8, 4) is 0 Å². The summed E-state index contributed by atoms with van der Waals surface area (Å²) in [5.41, 5.74) is 1.05. The Bertz CT molecular complexity index is 655. The van der Waals surface area contributed by atoms with Crippen molar-refractivity contribution in [3.05, 3.63) is 50.6 Å². The quantitative estimate of drug-likeness (QED) is 0.636. The van der Waals surface area contributed by atoms with Crippen molar-refractivity contribution in [2.24, 2.45) is 4.99 Å². The summed E-state index contributed by atoms with van der Waals surface area (Å²) in [7, 11) is 0. The molecule has 0 bridgehead atoms. The number of amidine groups is 1. The minimum atomic E-state index is 0. The molecule has 1 atom stereocenters. The molecule has 0 spiro atoms. The Morgan fingerprint density at radius 1 is 1.27 bits per heavy atom. The number of aliphatic imine (C=N–C) groups is 1. The van der Waals surface area contributed by atoms with Crippen molar-refractivity contribution >= 4 is 58.5 Å². The third-order valence-corrected chi connectivity index (χ3v) is 5.18. The lowest BCUT2D eigenvalue weighted by atomic mass is 10.2. The zero-order valence-corrected chi connectivity index (χ0v) is 15.3. The molecule has 0 N–H and O–H groups in total. The van der Waals surface area contributed by atoms with Crippen LogP contribution >= 0.6 is 46.9 Å². The normalized spacial score (nSPS) is 17.0. The largest absolute Gasteiger partial charge is 0.325 e. The van der Waals surface area contributed by atoms with Crippen molar-refractivity contribution in [1.29, 1.82) is 0 Å². The summed E-state index contributed by atoms with van der Waals surface area (Å²) in [4.78, 5) is 8.33. The first-order valence-electron chi connectivity index (χ1n) is 6.95. The molecule has 0 saturated heterocycles. The molecule has 1 aliphatic rings. The van der Waals surface area contributed by atoms with Crippen LogP contribution in [0.2, 0.25) is 10.0 Å². The van der Waals surface area contributed by atoms with E-state index in [0.717, 1.165) is 30.9 Å². The lowest BCUT2D eigenvalue weighted by molar-refractivity contribution is 0.739. The molecule has 6 heteroatoms. The van der Waals surface area contributed by atoms with Crippen LogP contribution in [0.4, 0.5) is 5.69 Å². The highest BCUT2D eigenvalue weighted by Gasteiger charge is 2.21. The fourth-order valence-corrected chi connectivity index (χ4v) is 3.45. The molecule has 0 aliphatic carbocycles. The van der Waals surface area contributed by atoms with Crippen LogP contribution in [0.5, 0.6) is 0 Å². The van der Waals surface area contributed by atoms with Gasteiger partial charge in [-0.1, -0.05) is 29.3 Å². The number of halogens is 3. The van der Waals surface area contributed by atoms with E-state index in [1.54, 1.807) is 11.3 Å². The third kappa shape index (κ3) is 3.96. The summed E-state index contributed by atoms with van der Waals surface area (Å²) in [6.07, 6.45) is 2.12. The number of thiophene rings is 1. The van der Waals surface area contributed by atoms with Crippen LogP contribution in [0, 0.1) is 0 Å². The molecule has 1 aromatic carbocycles. The topological polar surface area (TPSA) is 15.6 Å². The molecule has 2 aromatic rings. The molecule has 0 radical (unpaired) electrons. The van der Waals surface area contributed by atoms with Gasteiger partial charge in [-0.3, -0.25) is 4.99 Å². The fraction of sp³-hybridized carbons (Fsp3) is 0.312. The number of benzene rings is 1. The van der Waals surface area contributed by atoms with E-state index < -0.39 is 0 Å². The lowest BCUT2D eigenvalue weighted by Crippen LogP contribution is -2.28. The Morgan fingerprint density at radius 3 is 2.68 bits per heavy atom. The van der Waals surface area contributed by atoms with Gasteiger partial charge in [-0.25, -0.2) is 0 Å². The summed E-state index contributed by atoms with van der Waals surface area (Å²) in [6.45, 7) is 2.98. The maximum Gasteiger partial charge on any atom is 0.104 e. The van der Waals surface area contributed by atoms with Crippen LogP contribution in [-0.4, -0.2) is 11.9 Å². The van der Waals surface area contributed by atoms with Gasteiger partial charge in [0.15, 0.2) is 0 Å². The smallest absolute Gasteiger partial charge is 0.104 e. The van der Waals surface area contributed by atoms with Crippen LogP contribution in [-0.2, 0) is 6.54 Å². The maximum atomic E-state index is 6.18. The van der Waals surface area contributed by atoms with Gasteiger partial charge in [0.05, 0.1) is 16.6 Å². The van der Waals surface area contributed by atoms with Crippen molar-refractivity contribution in [3.63, 3.8) is 0 Å². The van der Waals surface area contributed by atoms with Gasteiger partial charge >= 0.3 is 0 Å². The molecule has 22 heavy (non-hydrogen) atoms. The monoisotopic (exact) mass is 374 g/mol. The SMILES string of the molecule is CC1CCC(N(Cc2cccs2)c2ccc(Cl)c(Cl)c2)=N1.Cl. The highest BCUT2D eigenvalue weighted by atomic mass is 35.5. The third-order valence-electron chi connectivity index (χ3n) is 3.58. The number of hydrogen-bond donors (Lipinski definition) is 0. The van der Waals surface area contributed by atoms with Crippen LogP contribution in [0.3, 0.4) is 0 Å². The van der Waals surface area contributed by atoms with E-state index in [4.69, 9.17) is 28.2 Å². The van der Waals surface area contributed by atoms with E-state index in [1.165, 1.54) is 4.88 Å². The fourth-order valence-electron chi connectivity index (χ4n) is 2.47. The summed E-state index contributed by atoms with van der Waals surface area (Å²) < 4.78 is 0. The molecule has 1 unspecified atom stereocenters. The summed E-state index contributed by atoms with van der Waals surface area (Å²) in [6, 6.07) is 10.4. The minimum Gasteiger partial charge on any atom is -0.325 e. The average molecular weight is 376 g/mol.